The lowest BCUT2D eigenvalue weighted by Crippen LogP contribution is -2.37. The van der Waals surface area contributed by atoms with E-state index in [0.29, 0.717) is 22.9 Å². The second-order valence-corrected chi connectivity index (χ2v) is 8.78. The molecule has 0 aliphatic carbocycles. The second kappa shape index (κ2) is 11.9. The number of nitrogens with zero attached hydrogens (tertiary/aromatic N) is 2. The predicted molar refractivity (Wildman–Crippen MR) is 124 cm³/mol. The number of rotatable bonds is 10. The lowest BCUT2D eigenvalue weighted by molar-refractivity contribution is -0.385. The predicted octanol–water partition coefficient (Wildman–Crippen LogP) is 3.86. The van der Waals surface area contributed by atoms with Gasteiger partial charge in [0.1, 0.15) is 19.1 Å². The van der Waals surface area contributed by atoms with Crippen LogP contribution in [0.5, 0.6) is 0 Å². The lowest BCUT2D eigenvalue weighted by Gasteiger charge is -2.31. The summed E-state index contributed by atoms with van der Waals surface area (Å²) in [6, 6.07) is 6.11. The minimum absolute atomic E-state index is 0.146. The highest BCUT2D eigenvalue weighted by Gasteiger charge is 2.44. The van der Waals surface area contributed by atoms with Crippen molar-refractivity contribution < 1.29 is 24.0 Å². The van der Waals surface area contributed by atoms with E-state index in [1.165, 1.54) is 29.6 Å². The number of allylic oxidation sites excluding steroid dienone is 1. The van der Waals surface area contributed by atoms with Gasteiger partial charge in [-0.25, -0.2) is 4.79 Å². The second-order valence-electron chi connectivity index (χ2n) is 6.81. The van der Waals surface area contributed by atoms with Gasteiger partial charge < -0.3 is 9.47 Å². The zero-order valence-corrected chi connectivity index (χ0v) is 19.6. The summed E-state index contributed by atoms with van der Waals surface area (Å²) in [4.78, 5) is 41.6. The minimum atomic E-state index is -0.963. The van der Waals surface area contributed by atoms with Gasteiger partial charge in [-0.2, -0.15) is 23.5 Å². The van der Waals surface area contributed by atoms with E-state index in [9.17, 15) is 19.7 Å². The van der Waals surface area contributed by atoms with Gasteiger partial charge in [0, 0.05) is 40.5 Å². The molecule has 8 nitrogen and oxygen atoms in total. The smallest absolute Gasteiger partial charge is 0.336 e. The van der Waals surface area contributed by atoms with Gasteiger partial charge in [0.15, 0.2) is 0 Å². The van der Waals surface area contributed by atoms with E-state index in [1.54, 1.807) is 32.0 Å². The zero-order chi connectivity index (χ0) is 23.0. The Labute approximate surface area is 190 Å². The number of aliphatic imine (C=N–C) groups is 1. The summed E-state index contributed by atoms with van der Waals surface area (Å²) in [6.45, 7) is 3.70. The molecule has 168 valence electrons. The minimum Gasteiger partial charge on any atom is -0.464 e. The summed E-state index contributed by atoms with van der Waals surface area (Å²) < 4.78 is 10.8. The van der Waals surface area contributed by atoms with E-state index in [-0.39, 0.29) is 30.0 Å². The highest BCUT2D eigenvalue weighted by Crippen LogP contribution is 2.43. The first-order valence-corrected chi connectivity index (χ1v) is 12.4. The normalized spacial score (nSPS) is 18.4. The van der Waals surface area contributed by atoms with Gasteiger partial charge >= 0.3 is 11.9 Å². The molecule has 1 aliphatic heterocycles. The average molecular weight is 467 g/mol. The molecule has 2 atom stereocenters. The number of nitro groups is 1. The molecule has 1 aromatic carbocycles. The van der Waals surface area contributed by atoms with Crippen molar-refractivity contribution >= 4 is 46.9 Å². The molecule has 0 amide bonds. The molecule has 0 spiro atoms. The number of esters is 2. The Bertz CT molecular complexity index is 900. The van der Waals surface area contributed by atoms with Crippen LogP contribution in [0.3, 0.4) is 0 Å². The first-order valence-electron chi connectivity index (χ1n) is 9.64. The number of carbonyl (C=O) groups excluding carboxylic acids is 2. The van der Waals surface area contributed by atoms with Crippen LogP contribution in [0.1, 0.15) is 25.3 Å². The Morgan fingerprint density at radius 3 is 2.32 bits per heavy atom. The highest BCUT2D eigenvalue weighted by molar-refractivity contribution is 7.98. The Morgan fingerprint density at radius 2 is 1.71 bits per heavy atom. The maximum atomic E-state index is 13.0. The molecule has 10 heteroatoms. The Kier molecular flexibility index (Phi) is 9.57. The Morgan fingerprint density at radius 1 is 1.10 bits per heavy atom. The van der Waals surface area contributed by atoms with Crippen LogP contribution in [0, 0.1) is 16.0 Å². The van der Waals surface area contributed by atoms with E-state index in [2.05, 4.69) is 4.99 Å². The molecular formula is C21H26N2O6S2. The zero-order valence-electron chi connectivity index (χ0n) is 18.0. The molecule has 0 fully saturated rings. The molecule has 0 N–H and O–H groups in total. The van der Waals surface area contributed by atoms with Gasteiger partial charge in [-0.15, -0.1) is 0 Å². The van der Waals surface area contributed by atoms with Crippen LogP contribution >= 0.6 is 23.5 Å². The molecule has 0 saturated heterocycles. The molecule has 1 aromatic rings. The maximum Gasteiger partial charge on any atom is 0.336 e. The summed E-state index contributed by atoms with van der Waals surface area (Å²) in [6.07, 6.45) is 3.79. The van der Waals surface area contributed by atoms with E-state index in [4.69, 9.17) is 9.47 Å². The summed E-state index contributed by atoms with van der Waals surface area (Å²) in [5, 5.41) is 11.7. The summed E-state index contributed by atoms with van der Waals surface area (Å²) in [7, 11) is 0. The first kappa shape index (κ1) is 24.9. The van der Waals surface area contributed by atoms with Crippen LogP contribution in [-0.4, -0.2) is 59.8 Å². The Hall–Kier alpha value is -2.33. The largest absolute Gasteiger partial charge is 0.464 e. The van der Waals surface area contributed by atoms with Crippen LogP contribution in [0.2, 0.25) is 0 Å². The van der Waals surface area contributed by atoms with E-state index in [0.717, 1.165) is 0 Å². The molecule has 2 rings (SSSR count). The standard InChI is InChI=1S/C21H26N2O6S2/c1-13-17(20(24)28-9-11-30-3)19(15-7-5-6-8-16(15)23(26)27)18(14(2)22-13)21(25)29-10-12-31-4/h5-8,17,19H,9-12H2,1-4H3. The van der Waals surface area contributed by atoms with Crippen LogP contribution in [0.25, 0.3) is 0 Å². The number of benzene rings is 1. The molecule has 0 aromatic heterocycles. The summed E-state index contributed by atoms with van der Waals surface area (Å²) >= 11 is 3.05. The number of para-hydroxylation sites is 1. The fourth-order valence-corrected chi connectivity index (χ4v) is 3.97. The van der Waals surface area contributed by atoms with Gasteiger partial charge in [-0.1, -0.05) is 18.2 Å². The van der Waals surface area contributed by atoms with E-state index < -0.39 is 28.7 Å². The van der Waals surface area contributed by atoms with Crippen molar-refractivity contribution in [2.75, 3.05) is 37.2 Å². The lowest BCUT2D eigenvalue weighted by atomic mass is 9.75. The van der Waals surface area contributed by atoms with Crippen LogP contribution in [0.15, 0.2) is 40.5 Å². The number of thioether (sulfide) groups is 2. The van der Waals surface area contributed by atoms with Crippen molar-refractivity contribution in [2.45, 2.75) is 19.8 Å². The number of nitro benzene ring substituents is 1. The molecular weight excluding hydrogens is 440 g/mol. The maximum absolute atomic E-state index is 13.0. The topological polar surface area (TPSA) is 108 Å². The van der Waals surface area contributed by atoms with Crippen molar-refractivity contribution in [3.05, 3.63) is 51.2 Å². The third kappa shape index (κ3) is 6.10. The summed E-state index contributed by atoms with van der Waals surface area (Å²) in [5.74, 6) is -1.87. The molecule has 0 saturated carbocycles. The van der Waals surface area contributed by atoms with Gasteiger partial charge in [0.25, 0.3) is 5.69 Å². The van der Waals surface area contributed by atoms with Crippen molar-refractivity contribution in [1.29, 1.82) is 0 Å². The molecule has 0 bridgehead atoms. The molecule has 1 heterocycles. The molecule has 1 aliphatic rings. The van der Waals surface area contributed by atoms with Gasteiger partial charge in [-0.05, 0) is 26.4 Å². The number of hydrogen-bond acceptors (Lipinski definition) is 9. The van der Waals surface area contributed by atoms with E-state index >= 15 is 0 Å². The average Bonchev–Trinajstić information content (AvgIpc) is 2.73. The van der Waals surface area contributed by atoms with Gasteiger partial charge in [-0.3, -0.25) is 19.9 Å². The highest BCUT2D eigenvalue weighted by atomic mass is 32.2. The van der Waals surface area contributed by atoms with Crippen molar-refractivity contribution in [3.63, 3.8) is 0 Å². The van der Waals surface area contributed by atoms with Crippen molar-refractivity contribution in [1.82, 2.24) is 0 Å². The first-order chi connectivity index (χ1) is 14.8. The molecule has 31 heavy (non-hydrogen) atoms. The number of carbonyl (C=O) groups is 2. The van der Waals surface area contributed by atoms with Crippen LogP contribution in [0.4, 0.5) is 5.69 Å². The number of hydrogen-bond donors (Lipinski definition) is 0. The van der Waals surface area contributed by atoms with Crippen molar-refractivity contribution in [3.8, 4) is 0 Å². The SMILES string of the molecule is CSCCOC(=O)C1=C(C)N=C(C)C(C(=O)OCCSC)C1c1ccccc1[N+](=O)[O-]. The number of ether oxygens (including phenoxy) is 2. The van der Waals surface area contributed by atoms with E-state index in [1.807, 2.05) is 12.5 Å². The Balaban J connectivity index is 2.58. The van der Waals surface area contributed by atoms with Crippen molar-refractivity contribution in [2.24, 2.45) is 10.9 Å². The van der Waals surface area contributed by atoms with Gasteiger partial charge in [0.05, 0.1) is 10.5 Å². The van der Waals surface area contributed by atoms with Crippen LogP contribution in [-0.2, 0) is 19.1 Å². The third-order valence-electron chi connectivity index (χ3n) is 4.82. The van der Waals surface area contributed by atoms with Crippen LogP contribution < -0.4 is 0 Å². The summed E-state index contributed by atoms with van der Waals surface area (Å²) in [5.41, 5.74) is 1.04. The van der Waals surface area contributed by atoms with Gasteiger partial charge in [0.2, 0.25) is 0 Å². The fraction of sp³-hybridized carbons (Fsp3) is 0.476. The molecule has 0 radical (unpaired) electrons. The fourth-order valence-electron chi connectivity index (χ4n) is 3.47. The third-order valence-corrected chi connectivity index (χ3v) is 5.97. The quantitative estimate of drug-likeness (QED) is 0.221. The monoisotopic (exact) mass is 466 g/mol. The molecule has 2 unspecified atom stereocenters.